The minimum Gasteiger partial charge on any atom is -0.358 e. The van der Waals surface area contributed by atoms with Crippen molar-refractivity contribution in [2.45, 2.75) is 70.0 Å². The topological polar surface area (TPSA) is 88.2 Å². The van der Waals surface area contributed by atoms with Crippen molar-refractivity contribution in [1.82, 2.24) is 19.9 Å². The van der Waals surface area contributed by atoms with Crippen molar-refractivity contribution in [3.05, 3.63) is 71.8 Å². The first-order valence-corrected chi connectivity index (χ1v) is 13.0. The van der Waals surface area contributed by atoms with Gasteiger partial charge in [0.2, 0.25) is 11.9 Å². The Kier molecular flexibility index (Phi) is 7.46. The van der Waals surface area contributed by atoms with Crippen LogP contribution in [0.5, 0.6) is 0 Å². The summed E-state index contributed by atoms with van der Waals surface area (Å²) in [7, 11) is 0. The number of carbonyl (C=O) groups excluding carboxylic acids is 1. The van der Waals surface area contributed by atoms with E-state index in [1.54, 1.807) is 12.1 Å². The van der Waals surface area contributed by atoms with E-state index in [0.717, 1.165) is 43.5 Å². The lowest BCUT2D eigenvalue weighted by Crippen LogP contribution is -2.41. The normalized spacial score (nSPS) is 16.6. The lowest BCUT2D eigenvalue weighted by Gasteiger charge is -2.27. The number of aromatic nitrogens is 3. The molecule has 8 heteroatoms. The first-order chi connectivity index (χ1) is 17.7. The van der Waals surface area contributed by atoms with Crippen LogP contribution in [0, 0.1) is 12.5 Å². The lowest BCUT2D eigenvalue weighted by molar-refractivity contribution is -0.122. The standard InChI is InChI=1S/C28H33N7O/c1-29-22-11-9-21(10-12-22)19-30-27(36)24(17-20-7-3-2-4-8-20)32-25-18-26(35-15-5-6-16-35)34-28(33-25)31-23-13-14-23/h5-6,9-12,15-16,18,20,23-24H,2-4,7-8,13-14,17,19H2,(H,30,36)(H2,31,32,33,34). The zero-order valence-corrected chi connectivity index (χ0v) is 20.5. The molecule has 2 saturated carbocycles. The highest BCUT2D eigenvalue weighted by Gasteiger charge is 2.26. The SMILES string of the molecule is [C-]#[N+]c1ccc(CNC(=O)C(CC2CCCCC2)Nc2cc(-n3cccc3)nc(NC3CC3)n2)cc1. The Morgan fingerprint density at radius 1 is 1.06 bits per heavy atom. The van der Waals surface area contributed by atoms with Gasteiger partial charge < -0.3 is 20.5 Å². The van der Waals surface area contributed by atoms with Gasteiger partial charge in [0.15, 0.2) is 5.69 Å². The second-order valence-corrected chi connectivity index (χ2v) is 9.88. The molecule has 3 aromatic rings. The fraction of sp³-hybridized carbons (Fsp3) is 0.429. The van der Waals surface area contributed by atoms with Gasteiger partial charge in [-0.15, -0.1) is 0 Å². The summed E-state index contributed by atoms with van der Waals surface area (Å²) in [4.78, 5) is 26.3. The average molecular weight is 484 g/mol. The fourth-order valence-electron chi connectivity index (χ4n) is 4.77. The minimum absolute atomic E-state index is 0.0346. The first kappa shape index (κ1) is 23.9. The molecule has 1 aromatic carbocycles. The van der Waals surface area contributed by atoms with Crippen LogP contribution in [0.1, 0.15) is 56.9 Å². The number of hydrogen-bond donors (Lipinski definition) is 3. The Hall–Kier alpha value is -3.86. The first-order valence-electron chi connectivity index (χ1n) is 13.0. The van der Waals surface area contributed by atoms with Gasteiger partial charge in [0.05, 0.1) is 6.57 Å². The summed E-state index contributed by atoms with van der Waals surface area (Å²) >= 11 is 0. The van der Waals surface area contributed by atoms with Crippen LogP contribution in [0.2, 0.25) is 0 Å². The molecule has 8 nitrogen and oxygen atoms in total. The van der Waals surface area contributed by atoms with E-state index < -0.39 is 6.04 Å². The molecule has 3 N–H and O–H groups in total. The van der Waals surface area contributed by atoms with Gasteiger partial charge >= 0.3 is 0 Å². The maximum atomic E-state index is 13.4. The fourth-order valence-corrected chi connectivity index (χ4v) is 4.77. The van der Waals surface area contributed by atoms with E-state index in [1.807, 2.05) is 47.3 Å². The van der Waals surface area contributed by atoms with Crippen LogP contribution in [-0.4, -0.2) is 32.5 Å². The molecule has 1 unspecified atom stereocenters. The molecule has 1 atom stereocenters. The van der Waals surface area contributed by atoms with Gasteiger partial charge in [-0.3, -0.25) is 4.79 Å². The number of benzene rings is 1. The molecule has 2 heterocycles. The number of anilines is 2. The molecular formula is C28H33N7O. The number of rotatable bonds is 10. The highest BCUT2D eigenvalue weighted by molar-refractivity contribution is 5.84. The average Bonchev–Trinajstić information content (AvgIpc) is 3.54. The third kappa shape index (κ3) is 6.42. The van der Waals surface area contributed by atoms with Gasteiger partial charge in [-0.05, 0) is 42.9 Å². The molecule has 2 aliphatic carbocycles. The van der Waals surface area contributed by atoms with Crippen molar-refractivity contribution in [1.29, 1.82) is 0 Å². The van der Waals surface area contributed by atoms with Gasteiger partial charge in [0, 0.05) is 31.0 Å². The van der Waals surface area contributed by atoms with E-state index in [-0.39, 0.29) is 5.91 Å². The maximum absolute atomic E-state index is 13.4. The van der Waals surface area contributed by atoms with Crippen LogP contribution in [-0.2, 0) is 11.3 Å². The summed E-state index contributed by atoms with van der Waals surface area (Å²) < 4.78 is 1.95. The molecule has 2 aromatic heterocycles. The molecular weight excluding hydrogens is 450 g/mol. The minimum atomic E-state index is -0.392. The van der Waals surface area contributed by atoms with E-state index in [2.05, 4.69) is 20.8 Å². The monoisotopic (exact) mass is 483 g/mol. The molecule has 186 valence electrons. The van der Waals surface area contributed by atoms with Gasteiger partial charge in [-0.25, -0.2) is 4.85 Å². The summed E-state index contributed by atoms with van der Waals surface area (Å²) in [5.74, 6) is 2.48. The molecule has 0 bridgehead atoms. The smallest absolute Gasteiger partial charge is 0.242 e. The van der Waals surface area contributed by atoms with Crippen LogP contribution in [0.15, 0.2) is 54.9 Å². The van der Waals surface area contributed by atoms with Crippen LogP contribution in [0.3, 0.4) is 0 Å². The van der Waals surface area contributed by atoms with E-state index in [4.69, 9.17) is 16.5 Å². The lowest BCUT2D eigenvalue weighted by atomic mass is 9.84. The summed E-state index contributed by atoms with van der Waals surface area (Å²) in [6.45, 7) is 7.54. The summed E-state index contributed by atoms with van der Waals surface area (Å²) in [5.41, 5.74) is 1.57. The largest absolute Gasteiger partial charge is 0.358 e. The van der Waals surface area contributed by atoms with E-state index in [0.29, 0.717) is 36.0 Å². The van der Waals surface area contributed by atoms with Crippen molar-refractivity contribution in [3.63, 3.8) is 0 Å². The second-order valence-electron chi connectivity index (χ2n) is 9.88. The van der Waals surface area contributed by atoms with Crippen molar-refractivity contribution in [3.8, 4) is 5.82 Å². The Balaban J connectivity index is 1.34. The molecule has 2 aliphatic rings. The third-order valence-electron chi connectivity index (χ3n) is 6.96. The Labute approximate surface area is 212 Å². The highest BCUT2D eigenvalue weighted by atomic mass is 16.2. The zero-order chi connectivity index (χ0) is 24.7. The van der Waals surface area contributed by atoms with Crippen LogP contribution < -0.4 is 16.0 Å². The van der Waals surface area contributed by atoms with Gasteiger partial charge in [0.1, 0.15) is 17.7 Å². The summed E-state index contributed by atoms with van der Waals surface area (Å²) in [5, 5.41) is 9.96. The summed E-state index contributed by atoms with van der Waals surface area (Å²) in [6, 6.07) is 13.2. The van der Waals surface area contributed by atoms with Gasteiger partial charge in [-0.1, -0.05) is 56.4 Å². The zero-order valence-electron chi connectivity index (χ0n) is 20.5. The molecule has 1 amide bonds. The Morgan fingerprint density at radius 2 is 1.81 bits per heavy atom. The van der Waals surface area contributed by atoms with E-state index >= 15 is 0 Å². The molecule has 0 spiro atoms. The highest BCUT2D eigenvalue weighted by Crippen LogP contribution is 2.29. The van der Waals surface area contributed by atoms with Crippen molar-refractivity contribution in [2.75, 3.05) is 10.6 Å². The molecule has 0 radical (unpaired) electrons. The Bertz CT molecular complexity index is 1190. The Morgan fingerprint density at radius 3 is 2.50 bits per heavy atom. The molecule has 0 saturated heterocycles. The van der Waals surface area contributed by atoms with Crippen molar-refractivity contribution >= 4 is 23.4 Å². The number of nitrogens with one attached hydrogen (secondary N) is 3. The number of nitrogens with zero attached hydrogens (tertiary/aromatic N) is 4. The van der Waals surface area contributed by atoms with E-state index in [9.17, 15) is 4.79 Å². The van der Waals surface area contributed by atoms with E-state index in [1.165, 1.54) is 19.3 Å². The molecule has 5 rings (SSSR count). The van der Waals surface area contributed by atoms with Gasteiger partial charge in [0.25, 0.3) is 0 Å². The van der Waals surface area contributed by atoms with Crippen LogP contribution in [0.4, 0.5) is 17.5 Å². The molecule has 0 aliphatic heterocycles. The van der Waals surface area contributed by atoms with Crippen LogP contribution in [0.25, 0.3) is 10.7 Å². The van der Waals surface area contributed by atoms with Gasteiger partial charge in [-0.2, -0.15) is 9.97 Å². The predicted octanol–water partition coefficient (Wildman–Crippen LogP) is 5.46. The summed E-state index contributed by atoms with van der Waals surface area (Å²) in [6.07, 6.45) is 13.0. The van der Waals surface area contributed by atoms with Crippen molar-refractivity contribution in [2.24, 2.45) is 5.92 Å². The maximum Gasteiger partial charge on any atom is 0.242 e. The third-order valence-corrected chi connectivity index (χ3v) is 6.96. The molecule has 2 fully saturated rings. The quantitative estimate of drug-likeness (QED) is 0.333. The van der Waals surface area contributed by atoms with Crippen LogP contribution >= 0.6 is 0 Å². The number of carbonyl (C=O) groups is 1. The van der Waals surface area contributed by atoms with Crippen molar-refractivity contribution < 1.29 is 4.79 Å². The number of amides is 1. The molecule has 36 heavy (non-hydrogen) atoms. The second kappa shape index (κ2) is 11.3. The predicted molar refractivity (Wildman–Crippen MR) is 141 cm³/mol. The number of hydrogen-bond acceptors (Lipinski definition) is 5.